The third-order valence-corrected chi connectivity index (χ3v) is 5.11. The number of rotatable bonds is 4. The normalized spacial score (nSPS) is 11.0. The van der Waals surface area contributed by atoms with Crippen LogP contribution in [0.5, 0.6) is 0 Å². The summed E-state index contributed by atoms with van der Waals surface area (Å²) >= 11 is 3.54. The van der Waals surface area contributed by atoms with Crippen molar-refractivity contribution in [2.24, 2.45) is 5.73 Å². The first-order valence-corrected chi connectivity index (χ1v) is 7.91. The zero-order chi connectivity index (χ0) is 13.1. The summed E-state index contributed by atoms with van der Waals surface area (Å²) in [6.07, 6.45) is 0. The molecule has 2 N–H and O–H groups in total. The van der Waals surface area contributed by atoms with Crippen molar-refractivity contribution in [1.29, 1.82) is 0 Å². The van der Waals surface area contributed by atoms with Gasteiger partial charge in [0.2, 0.25) is 0 Å². The molecule has 0 saturated carbocycles. The van der Waals surface area contributed by atoms with E-state index in [1.54, 1.807) is 23.1 Å². The van der Waals surface area contributed by atoms with Crippen LogP contribution in [-0.4, -0.2) is 4.98 Å². The molecular formula is C15H14N2S2. The van der Waals surface area contributed by atoms with Gasteiger partial charge in [-0.3, -0.25) is 0 Å². The van der Waals surface area contributed by atoms with Gasteiger partial charge >= 0.3 is 0 Å². The highest BCUT2D eigenvalue weighted by Gasteiger charge is 2.04. The van der Waals surface area contributed by atoms with Crippen LogP contribution in [0.25, 0.3) is 10.2 Å². The van der Waals surface area contributed by atoms with Crippen LogP contribution < -0.4 is 5.73 Å². The quantitative estimate of drug-likeness (QED) is 0.735. The second kappa shape index (κ2) is 5.74. The number of hydrogen-bond donors (Lipinski definition) is 1. The Kier molecular flexibility index (Phi) is 3.82. The van der Waals surface area contributed by atoms with Gasteiger partial charge < -0.3 is 5.73 Å². The van der Waals surface area contributed by atoms with E-state index >= 15 is 0 Å². The molecule has 0 unspecified atom stereocenters. The maximum Gasteiger partial charge on any atom is 0.151 e. The first-order valence-electron chi connectivity index (χ1n) is 6.11. The molecular weight excluding hydrogens is 272 g/mol. The average molecular weight is 286 g/mol. The molecule has 96 valence electrons. The van der Waals surface area contributed by atoms with Gasteiger partial charge in [-0.1, -0.05) is 48.2 Å². The van der Waals surface area contributed by atoms with Crippen molar-refractivity contribution >= 4 is 33.3 Å². The molecule has 3 aromatic rings. The number of hydrogen-bond acceptors (Lipinski definition) is 4. The fourth-order valence-corrected chi connectivity index (χ4v) is 3.92. The SMILES string of the molecule is NCc1cccc(CSc2nc3ccccc3s2)c1. The molecule has 2 nitrogen and oxygen atoms in total. The molecule has 2 aromatic carbocycles. The standard InChI is InChI=1S/C15H14N2S2/c16-9-11-4-3-5-12(8-11)10-18-15-17-13-6-1-2-7-14(13)19-15/h1-8H,9-10,16H2. The van der Waals surface area contributed by atoms with E-state index in [0.717, 1.165) is 15.6 Å². The fourth-order valence-electron chi connectivity index (χ4n) is 1.90. The van der Waals surface area contributed by atoms with E-state index < -0.39 is 0 Å². The number of nitrogens with zero attached hydrogens (tertiary/aromatic N) is 1. The van der Waals surface area contributed by atoms with Crippen molar-refractivity contribution in [1.82, 2.24) is 4.98 Å². The van der Waals surface area contributed by atoms with Crippen molar-refractivity contribution in [3.05, 3.63) is 59.7 Å². The van der Waals surface area contributed by atoms with Gasteiger partial charge in [-0.05, 0) is 23.3 Å². The second-order valence-corrected chi connectivity index (χ2v) is 6.51. The summed E-state index contributed by atoms with van der Waals surface area (Å²) in [7, 11) is 0. The van der Waals surface area contributed by atoms with Crippen LogP contribution in [0.2, 0.25) is 0 Å². The Labute approximate surface area is 120 Å². The lowest BCUT2D eigenvalue weighted by molar-refractivity contribution is 1.06. The molecule has 0 saturated heterocycles. The van der Waals surface area contributed by atoms with E-state index in [2.05, 4.69) is 47.4 Å². The molecule has 0 aliphatic carbocycles. The lowest BCUT2D eigenvalue weighted by Crippen LogP contribution is -1.96. The molecule has 0 amide bonds. The molecule has 0 spiro atoms. The Hall–Kier alpha value is -1.36. The summed E-state index contributed by atoms with van der Waals surface area (Å²) in [6.45, 7) is 0.597. The molecule has 0 bridgehead atoms. The molecule has 0 fully saturated rings. The van der Waals surface area contributed by atoms with Gasteiger partial charge in [-0.25, -0.2) is 4.98 Å². The van der Waals surface area contributed by atoms with E-state index in [0.29, 0.717) is 6.54 Å². The zero-order valence-corrected chi connectivity index (χ0v) is 12.0. The summed E-state index contributed by atoms with van der Waals surface area (Å²) < 4.78 is 2.38. The summed E-state index contributed by atoms with van der Waals surface area (Å²) in [6, 6.07) is 16.7. The lowest BCUT2D eigenvalue weighted by atomic mass is 10.1. The Bertz CT molecular complexity index is 658. The predicted molar refractivity (Wildman–Crippen MR) is 83.5 cm³/mol. The Morgan fingerprint density at radius 2 is 1.89 bits per heavy atom. The van der Waals surface area contributed by atoms with Gasteiger partial charge in [-0.2, -0.15) is 0 Å². The van der Waals surface area contributed by atoms with Crippen LogP contribution in [0.15, 0.2) is 52.9 Å². The molecule has 0 aliphatic rings. The maximum atomic E-state index is 5.66. The van der Waals surface area contributed by atoms with Crippen LogP contribution in [0.1, 0.15) is 11.1 Å². The smallest absolute Gasteiger partial charge is 0.151 e. The van der Waals surface area contributed by atoms with Crippen LogP contribution in [0, 0.1) is 0 Å². The highest BCUT2D eigenvalue weighted by atomic mass is 32.2. The summed E-state index contributed by atoms with van der Waals surface area (Å²) in [4.78, 5) is 4.63. The van der Waals surface area contributed by atoms with Crippen LogP contribution in [0.3, 0.4) is 0 Å². The van der Waals surface area contributed by atoms with Crippen LogP contribution >= 0.6 is 23.1 Å². The summed E-state index contributed by atoms with van der Waals surface area (Å²) in [5, 5.41) is 0. The van der Waals surface area contributed by atoms with Gasteiger partial charge in [0, 0.05) is 12.3 Å². The number of fused-ring (bicyclic) bond motifs is 1. The van der Waals surface area contributed by atoms with Crippen LogP contribution in [0.4, 0.5) is 0 Å². The number of para-hydroxylation sites is 1. The van der Waals surface area contributed by atoms with Gasteiger partial charge in [0.15, 0.2) is 4.34 Å². The van der Waals surface area contributed by atoms with Crippen molar-refractivity contribution in [2.75, 3.05) is 0 Å². The lowest BCUT2D eigenvalue weighted by Gasteiger charge is -2.01. The number of aromatic nitrogens is 1. The number of benzene rings is 2. The average Bonchev–Trinajstić information content (AvgIpc) is 2.88. The topological polar surface area (TPSA) is 38.9 Å². The molecule has 0 atom stereocenters. The molecule has 4 heteroatoms. The fraction of sp³-hybridized carbons (Fsp3) is 0.133. The van der Waals surface area contributed by atoms with Crippen molar-refractivity contribution in [2.45, 2.75) is 16.6 Å². The highest BCUT2D eigenvalue weighted by molar-refractivity contribution is 8.00. The van der Waals surface area contributed by atoms with Gasteiger partial charge in [0.05, 0.1) is 10.2 Å². The molecule has 1 aromatic heterocycles. The second-order valence-electron chi connectivity index (χ2n) is 4.26. The van der Waals surface area contributed by atoms with E-state index in [1.165, 1.54) is 15.8 Å². The Morgan fingerprint density at radius 3 is 2.74 bits per heavy atom. The largest absolute Gasteiger partial charge is 0.326 e. The third-order valence-electron chi connectivity index (χ3n) is 2.86. The van der Waals surface area contributed by atoms with Crippen molar-refractivity contribution in [3.8, 4) is 0 Å². The highest BCUT2D eigenvalue weighted by Crippen LogP contribution is 2.31. The Morgan fingerprint density at radius 1 is 1.05 bits per heavy atom. The van der Waals surface area contributed by atoms with Crippen molar-refractivity contribution in [3.63, 3.8) is 0 Å². The first kappa shape index (κ1) is 12.7. The zero-order valence-electron chi connectivity index (χ0n) is 10.4. The van der Waals surface area contributed by atoms with Crippen LogP contribution in [-0.2, 0) is 12.3 Å². The van der Waals surface area contributed by atoms with Gasteiger partial charge in [0.25, 0.3) is 0 Å². The van der Waals surface area contributed by atoms with Gasteiger partial charge in [-0.15, -0.1) is 11.3 Å². The monoisotopic (exact) mass is 286 g/mol. The minimum atomic E-state index is 0.597. The summed E-state index contributed by atoms with van der Waals surface area (Å²) in [5.41, 5.74) is 9.23. The minimum absolute atomic E-state index is 0.597. The molecule has 19 heavy (non-hydrogen) atoms. The van der Waals surface area contributed by atoms with E-state index in [1.807, 2.05) is 6.07 Å². The molecule has 3 rings (SSSR count). The number of thiazole rings is 1. The third kappa shape index (κ3) is 2.97. The predicted octanol–water partition coefficient (Wildman–Crippen LogP) is 4.05. The maximum absolute atomic E-state index is 5.66. The van der Waals surface area contributed by atoms with E-state index in [-0.39, 0.29) is 0 Å². The Balaban J connectivity index is 1.74. The van der Waals surface area contributed by atoms with E-state index in [4.69, 9.17) is 5.73 Å². The summed E-state index contributed by atoms with van der Waals surface area (Å²) in [5.74, 6) is 0.938. The van der Waals surface area contributed by atoms with Crippen molar-refractivity contribution < 1.29 is 0 Å². The molecule has 1 heterocycles. The minimum Gasteiger partial charge on any atom is -0.326 e. The molecule has 0 aliphatic heterocycles. The molecule has 0 radical (unpaired) electrons. The number of thioether (sulfide) groups is 1. The first-order chi connectivity index (χ1) is 9.35. The van der Waals surface area contributed by atoms with Gasteiger partial charge in [0.1, 0.15) is 0 Å². The number of nitrogens with two attached hydrogens (primary N) is 1. The van der Waals surface area contributed by atoms with E-state index in [9.17, 15) is 0 Å².